The van der Waals surface area contributed by atoms with Crippen molar-refractivity contribution in [2.24, 2.45) is 0 Å². The number of esters is 3. The van der Waals surface area contributed by atoms with Crippen molar-refractivity contribution in [1.29, 1.82) is 0 Å². The summed E-state index contributed by atoms with van der Waals surface area (Å²) in [5, 5.41) is 0. The van der Waals surface area contributed by atoms with Crippen molar-refractivity contribution < 1.29 is 28.6 Å². The lowest BCUT2D eigenvalue weighted by Gasteiger charge is -2.18. The Labute approximate surface area is 400 Å². The van der Waals surface area contributed by atoms with Crippen LogP contribution >= 0.6 is 0 Å². The molecule has 0 heterocycles. The molecule has 0 bridgehead atoms. The Morgan fingerprint density at radius 3 is 1.08 bits per heavy atom. The van der Waals surface area contributed by atoms with Crippen LogP contribution in [0.1, 0.15) is 226 Å². The van der Waals surface area contributed by atoms with E-state index >= 15 is 0 Å². The van der Waals surface area contributed by atoms with E-state index in [1.165, 1.54) is 64.2 Å². The SMILES string of the molecule is CC/C=C/C/C=C/C/C=C/C/C=C/C/C=C/C/C=C/CCC(=O)OC[C@@H](COC(=O)CCCCCCC/C=C/CCCCCC)OC(=O)CCCCCCC/C=C/C/C=C/CCCCC. The van der Waals surface area contributed by atoms with Gasteiger partial charge in [-0.3, -0.25) is 14.4 Å². The van der Waals surface area contributed by atoms with Gasteiger partial charge in [0.05, 0.1) is 0 Å². The van der Waals surface area contributed by atoms with E-state index in [-0.39, 0.29) is 37.5 Å². The summed E-state index contributed by atoms with van der Waals surface area (Å²) in [6.45, 7) is 6.38. The van der Waals surface area contributed by atoms with Crippen LogP contribution in [-0.4, -0.2) is 37.2 Å². The molecular weight excluding hydrogens is 805 g/mol. The molecule has 0 rings (SSSR count). The first kappa shape index (κ1) is 61.1. The number of hydrogen-bond donors (Lipinski definition) is 0. The van der Waals surface area contributed by atoms with Gasteiger partial charge >= 0.3 is 17.9 Å². The Kier molecular flexibility index (Phi) is 49.5. The molecule has 65 heavy (non-hydrogen) atoms. The molecule has 0 spiro atoms. The van der Waals surface area contributed by atoms with Crippen molar-refractivity contribution in [3.63, 3.8) is 0 Å². The number of carbonyl (C=O) groups excluding carboxylic acids is 3. The molecule has 0 unspecified atom stereocenters. The minimum absolute atomic E-state index is 0.113. The fourth-order valence-corrected chi connectivity index (χ4v) is 6.79. The zero-order valence-corrected chi connectivity index (χ0v) is 42.0. The summed E-state index contributed by atoms with van der Waals surface area (Å²) in [5.41, 5.74) is 0. The molecular formula is C59H96O6. The fourth-order valence-electron chi connectivity index (χ4n) is 6.79. The zero-order valence-electron chi connectivity index (χ0n) is 42.0. The topological polar surface area (TPSA) is 78.9 Å². The van der Waals surface area contributed by atoms with Gasteiger partial charge < -0.3 is 14.2 Å². The number of ether oxygens (including phenoxy) is 3. The molecule has 0 radical (unpaired) electrons. The summed E-state index contributed by atoms with van der Waals surface area (Å²) >= 11 is 0. The molecule has 6 heteroatoms. The quantitative estimate of drug-likeness (QED) is 0.0262. The van der Waals surface area contributed by atoms with E-state index < -0.39 is 6.10 Å². The van der Waals surface area contributed by atoms with Gasteiger partial charge in [-0.1, -0.05) is 201 Å². The predicted molar refractivity (Wildman–Crippen MR) is 279 cm³/mol. The highest BCUT2D eigenvalue weighted by Crippen LogP contribution is 2.12. The van der Waals surface area contributed by atoms with Crippen molar-refractivity contribution in [2.75, 3.05) is 13.2 Å². The van der Waals surface area contributed by atoms with Crippen molar-refractivity contribution >= 4 is 17.9 Å². The Balaban J connectivity index is 4.55. The summed E-state index contributed by atoms with van der Waals surface area (Å²) in [6, 6.07) is 0. The number of carbonyl (C=O) groups is 3. The molecule has 0 amide bonds. The van der Waals surface area contributed by atoms with Gasteiger partial charge in [0.25, 0.3) is 0 Å². The van der Waals surface area contributed by atoms with Gasteiger partial charge in [-0.25, -0.2) is 0 Å². The second kappa shape index (κ2) is 52.7. The summed E-state index contributed by atoms with van der Waals surface area (Å²) in [5.74, 6) is -1.03. The molecule has 6 nitrogen and oxygen atoms in total. The second-order valence-corrected chi connectivity index (χ2v) is 17.0. The van der Waals surface area contributed by atoms with Crippen LogP contribution in [0, 0.1) is 0 Å². The number of rotatable bonds is 46. The van der Waals surface area contributed by atoms with Gasteiger partial charge in [0.15, 0.2) is 6.10 Å². The van der Waals surface area contributed by atoms with Crippen LogP contribution < -0.4 is 0 Å². The van der Waals surface area contributed by atoms with Gasteiger partial charge in [-0.2, -0.15) is 0 Å². The molecule has 1 atom stereocenters. The van der Waals surface area contributed by atoms with E-state index in [0.717, 1.165) is 116 Å². The molecule has 0 aromatic heterocycles. The Hall–Kier alpha value is -3.93. The van der Waals surface area contributed by atoms with Crippen molar-refractivity contribution in [1.82, 2.24) is 0 Å². The van der Waals surface area contributed by atoms with Gasteiger partial charge in [-0.15, -0.1) is 0 Å². The Morgan fingerprint density at radius 1 is 0.323 bits per heavy atom. The first-order valence-corrected chi connectivity index (χ1v) is 26.4. The summed E-state index contributed by atoms with van der Waals surface area (Å²) < 4.78 is 16.7. The lowest BCUT2D eigenvalue weighted by molar-refractivity contribution is -0.166. The molecule has 0 saturated heterocycles. The summed E-state index contributed by atoms with van der Waals surface area (Å²) in [6.07, 6.45) is 70.8. The first-order chi connectivity index (χ1) is 32.0. The normalized spacial score (nSPS) is 13.0. The van der Waals surface area contributed by atoms with Crippen molar-refractivity contribution in [2.45, 2.75) is 232 Å². The minimum atomic E-state index is -0.820. The standard InChI is InChI=1S/C59H96O6/c1-4-7-10-13-16-19-22-25-27-28-29-30-32-34-37-40-43-46-49-52-58(61)64-55-56(54-63-57(60)51-48-45-42-39-36-33-24-21-18-15-12-9-6-3)65-59(62)53-50-47-44-41-38-35-31-26-23-20-17-14-11-8-5-2/h7,10,16-17,19-21,24-27,29-31,34,37,43,46,56H,4-6,8-9,11-15,18,22-23,28,32-33,35-36,38-42,44-45,47-55H2,1-3H3/b10-7+,19-16+,20-17+,24-21+,27-25+,30-29+,31-26+,37-34+,46-43+/t56-/m1/s1. The number of allylic oxidation sites excluding steroid dienone is 18. The fraction of sp³-hybridized carbons (Fsp3) is 0.644. The molecule has 0 aromatic carbocycles. The third-order valence-corrected chi connectivity index (χ3v) is 10.7. The molecule has 0 saturated carbocycles. The molecule has 0 aliphatic heterocycles. The monoisotopic (exact) mass is 901 g/mol. The van der Waals surface area contributed by atoms with E-state index in [9.17, 15) is 14.4 Å². The van der Waals surface area contributed by atoms with Crippen LogP contribution in [0.15, 0.2) is 109 Å². The number of unbranched alkanes of at least 4 members (excludes halogenated alkanes) is 17. The van der Waals surface area contributed by atoms with Crippen LogP contribution in [0.4, 0.5) is 0 Å². The molecule has 0 N–H and O–H groups in total. The zero-order chi connectivity index (χ0) is 47.2. The van der Waals surface area contributed by atoms with E-state index in [0.29, 0.717) is 19.3 Å². The van der Waals surface area contributed by atoms with Gasteiger partial charge in [0.1, 0.15) is 13.2 Å². The largest absolute Gasteiger partial charge is 0.462 e. The molecule has 0 aromatic rings. The van der Waals surface area contributed by atoms with Crippen molar-refractivity contribution in [3.05, 3.63) is 109 Å². The third-order valence-electron chi connectivity index (χ3n) is 10.7. The van der Waals surface area contributed by atoms with Gasteiger partial charge in [-0.05, 0) is 116 Å². The Bertz CT molecular complexity index is 1360. The van der Waals surface area contributed by atoms with Crippen LogP contribution in [0.5, 0.6) is 0 Å². The maximum Gasteiger partial charge on any atom is 0.306 e. The van der Waals surface area contributed by atoms with Gasteiger partial charge in [0, 0.05) is 19.3 Å². The van der Waals surface area contributed by atoms with E-state index in [4.69, 9.17) is 14.2 Å². The molecule has 0 aliphatic rings. The van der Waals surface area contributed by atoms with Crippen LogP contribution in [0.25, 0.3) is 0 Å². The minimum Gasteiger partial charge on any atom is -0.462 e. The molecule has 0 fully saturated rings. The first-order valence-electron chi connectivity index (χ1n) is 26.4. The Morgan fingerprint density at radius 2 is 0.631 bits per heavy atom. The number of hydrogen-bond acceptors (Lipinski definition) is 6. The van der Waals surface area contributed by atoms with E-state index in [1.54, 1.807) is 0 Å². The predicted octanol–water partition coefficient (Wildman–Crippen LogP) is 17.5. The lowest BCUT2D eigenvalue weighted by atomic mass is 10.1. The maximum atomic E-state index is 12.8. The average Bonchev–Trinajstić information content (AvgIpc) is 3.30. The molecule has 368 valence electrons. The molecule has 0 aliphatic carbocycles. The van der Waals surface area contributed by atoms with Gasteiger partial charge in [0.2, 0.25) is 0 Å². The highest BCUT2D eigenvalue weighted by atomic mass is 16.6. The lowest BCUT2D eigenvalue weighted by Crippen LogP contribution is -2.30. The van der Waals surface area contributed by atoms with Crippen LogP contribution in [0.2, 0.25) is 0 Å². The van der Waals surface area contributed by atoms with E-state index in [1.807, 2.05) is 12.2 Å². The summed E-state index contributed by atoms with van der Waals surface area (Å²) in [4.78, 5) is 38.0. The van der Waals surface area contributed by atoms with Crippen LogP contribution in [0.3, 0.4) is 0 Å². The van der Waals surface area contributed by atoms with Crippen molar-refractivity contribution in [3.8, 4) is 0 Å². The average molecular weight is 901 g/mol. The maximum absolute atomic E-state index is 12.8. The second-order valence-electron chi connectivity index (χ2n) is 17.0. The highest BCUT2D eigenvalue weighted by Gasteiger charge is 2.19. The third kappa shape index (κ3) is 50.9. The summed E-state index contributed by atoms with van der Waals surface area (Å²) in [7, 11) is 0. The van der Waals surface area contributed by atoms with Crippen LogP contribution in [-0.2, 0) is 28.6 Å². The van der Waals surface area contributed by atoms with E-state index in [2.05, 4.69) is 118 Å². The highest BCUT2D eigenvalue weighted by molar-refractivity contribution is 5.71. The smallest absolute Gasteiger partial charge is 0.306 e.